The van der Waals surface area contributed by atoms with E-state index in [0.717, 1.165) is 25.8 Å². The second-order valence-corrected chi connectivity index (χ2v) is 4.65. The first-order chi connectivity index (χ1) is 6.77. The third-order valence-electron chi connectivity index (χ3n) is 3.72. The number of fused-ring (bicyclic) bond motifs is 1. The Balaban J connectivity index is 2.22. The first-order valence-corrected chi connectivity index (χ1v) is 5.63. The molecule has 0 aliphatic heterocycles. The molecular weight excluding hydrogens is 174 g/mol. The Bertz CT molecular complexity index is 269. The highest BCUT2D eigenvalue weighted by atomic mass is 16.1. The molecule has 1 N–H and O–H groups in total. The molecule has 2 aliphatic rings. The normalized spacial score (nSPS) is 32.4. The van der Waals surface area contributed by atoms with Crippen molar-refractivity contribution in [2.75, 3.05) is 13.6 Å². The highest BCUT2D eigenvalue weighted by Gasteiger charge is 2.39. The van der Waals surface area contributed by atoms with Crippen LogP contribution in [0.4, 0.5) is 0 Å². The molecule has 2 heteroatoms. The summed E-state index contributed by atoms with van der Waals surface area (Å²) in [5.41, 5.74) is 1.76. The average Bonchev–Trinajstić information content (AvgIpc) is 2.19. The molecule has 0 heterocycles. The summed E-state index contributed by atoms with van der Waals surface area (Å²) < 4.78 is 0. The van der Waals surface area contributed by atoms with Crippen molar-refractivity contribution < 1.29 is 4.79 Å². The van der Waals surface area contributed by atoms with Gasteiger partial charge in [-0.1, -0.05) is 11.6 Å². The Labute approximate surface area is 85.8 Å². The fraction of sp³-hybridized carbons (Fsp3) is 0.750. The van der Waals surface area contributed by atoms with Gasteiger partial charge in [-0.3, -0.25) is 4.79 Å². The maximum Gasteiger partial charge on any atom is 0.136 e. The van der Waals surface area contributed by atoms with Crippen LogP contribution in [0.1, 0.15) is 38.5 Å². The van der Waals surface area contributed by atoms with Crippen LogP contribution in [0, 0.1) is 5.41 Å². The van der Waals surface area contributed by atoms with Crippen molar-refractivity contribution >= 4 is 5.78 Å². The highest BCUT2D eigenvalue weighted by Crippen LogP contribution is 2.45. The number of carbonyl (C=O) groups is 1. The van der Waals surface area contributed by atoms with E-state index in [2.05, 4.69) is 11.4 Å². The molecule has 0 saturated heterocycles. The number of Topliss-reactive ketones (excluding diaryl/α,β-unsaturated/α-hetero) is 1. The molecule has 0 amide bonds. The Morgan fingerprint density at radius 2 is 2.36 bits per heavy atom. The number of hydrogen-bond acceptors (Lipinski definition) is 2. The SMILES string of the molecule is CNCC12CCCC=C1CC(=O)CC2. The lowest BCUT2D eigenvalue weighted by atomic mass is 9.64. The molecule has 2 nitrogen and oxygen atoms in total. The zero-order valence-electron chi connectivity index (χ0n) is 8.94. The molecule has 0 radical (unpaired) electrons. The summed E-state index contributed by atoms with van der Waals surface area (Å²) in [6.07, 6.45) is 8.64. The minimum atomic E-state index is 0.334. The minimum absolute atomic E-state index is 0.334. The molecule has 2 rings (SSSR count). The smallest absolute Gasteiger partial charge is 0.136 e. The summed E-state index contributed by atoms with van der Waals surface area (Å²) in [7, 11) is 2.01. The Kier molecular flexibility index (Phi) is 2.73. The summed E-state index contributed by atoms with van der Waals surface area (Å²) in [5, 5.41) is 3.29. The number of carbonyl (C=O) groups excluding carboxylic acids is 1. The predicted molar refractivity (Wildman–Crippen MR) is 57.2 cm³/mol. The van der Waals surface area contributed by atoms with Gasteiger partial charge in [0, 0.05) is 24.8 Å². The maximum absolute atomic E-state index is 11.4. The third-order valence-corrected chi connectivity index (χ3v) is 3.72. The third kappa shape index (κ3) is 1.63. The number of rotatable bonds is 2. The van der Waals surface area contributed by atoms with Crippen molar-refractivity contribution in [2.24, 2.45) is 5.41 Å². The van der Waals surface area contributed by atoms with Crippen molar-refractivity contribution in [1.29, 1.82) is 0 Å². The van der Waals surface area contributed by atoms with Crippen LogP contribution in [0.2, 0.25) is 0 Å². The van der Waals surface area contributed by atoms with Crippen LogP contribution in [0.3, 0.4) is 0 Å². The predicted octanol–water partition coefficient (Wildman–Crippen LogP) is 2.06. The molecule has 14 heavy (non-hydrogen) atoms. The van der Waals surface area contributed by atoms with Gasteiger partial charge in [-0.25, -0.2) is 0 Å². The maximum atomic E-state index is 11.4. The minimum Gasteiger partial charge on any atom is -0.319 e. The zero-order valence-corrected chi connectivity index (χ0v) is 8.94. The first-order valence-electron chi connectivity index (χ1n) is 5.63. The van der Waals surface area contributed by atoms with E-state index in [4.69, 9.17) is 0 Å². The van der Waals surface area contributed by atoms with Gasteiger partial charge in [0.05, 0.1) is 0 Å². The van der Waals surface area contributed by atoms with Crippen LogP contribution in [-0.4, -0.2) is 19.4 Å². The van der Waals surface area contributed by atoms with E-state index < -0.39 is 0 Å². The molecule has 0 spiro atoms. The lowest BCUT2D eigenvalue weighted by Gasteiger charge is -2.42. The monoisotopic (exact) mass is 193 g/mol. The van der Waals surface area contributed by atoms with Crippen LogP contribution in [0.5, 0.6) is 0 Å². The second-order valence-electron chi connectivity index (χ2n) is 4.65. The van der Waals surface area contributed by atoms with E-state index in [0.29, 0.717) is 11.2 Å². The number of ketones is 1. The highest BCUT2D eigenvalue weighted by molar-refractivity contribution is 5.82. The van der Waals surface area contributed by atoms with E-state index in [1.54, 1.807) is 0 Å². The van der Waals surface area contributed by atoms with Crippen LogP contribution in [0.15, 0.2) is 11.6 Å². The van der Waals surface area contributed by atoms with Crippen molar-refractivity contribution in [3.8, 4) is 0 Å². The largest absolute Gasteiger partial charge is 0.319 e. The molecule has 1 atom stereocenters. The van der Waals surface area contributed by atoms with E-state index in [9.17, 15) is 4.79 Å². The van der Waals surface area contributed by atoms with E-state index in [1.807, 2.05) is 7.05 Å². The van der Waals surface area contributed by atoms with Crippen molar-refractivity contribution in [1.82, 2.24) is 5.32 Å². The fourth-order valence-corrected chi connectivity index (χ4v) is 2.95. The molecule has 1 fully saturated rings. The second kappa shape index (κ2) is 3.85. The van der Waals surface area contributed by atoms with Gasteiger partial charge in [-0.15, -0.1) is 0 Å². The molecule has 0 bridgehead atoms. The van der Waals surface area contributed by atoms with Crippen molar-refractivity contribution in [3.05, 3.63) is 11.6 Å². The summed E-state index contributed by atoms with van der Waals surface area (Å²) in [6, 6.07) is 0. The number of nitrogens with one attached hydrogen (secondary N) is 1. The standard InChI is InChI=1S/C12H19NO/c1-13-9-12-6-3-2-4-10(12)8-11(14)5-7-12/h4,13H,2-3,5-9H2,1H3. The molecule has 0 aromatic heterocycles. The lowest BCUT2D eigenvalue weighted by molar-refractivity contribution is -0.120. The quantitative estimate of drug-likeness (QED) is 0.680. The van der Waals surface area contributed by atoms with Crippen LogP contribution >= 0.6 is 0 Å². The van der Waals surface area contributed by atoms with Gasteiger partial charge < -0.3 is 5.32 Å². The van der Waals surface area contributed by atoms with Gasteiger partial charge in [0.15, 0.2) is 0 Å². The molecule has 0 aromatic carbocycles. The summed E-state index contributed by atoms with van der Waals surface area (Å²) in [6.45, 7) is 1.05. The summed E-state index contributed by atoms with van der Waals surface area (Å²) >= 11 is 0. The van der Waals surface area contributed by atoms with E-state index >= 15 is 0 Å². The van der Waals surface area contributed by atoms with Gasteiger partial charge in [0.25, 0.3) is 0 Å². The van der Waals surface area contributed by atoms with Gasteiger partial charge in [0.2, 0.25) is 0 Å². The van der Waals surface area contributed by atoms with Gasteiger partial charge >= 0.3 is 0 Å². The average molecular weight is 193 g/mol. The van der Waals surface area contributed by atoms with Crippen molar-refractivity contribution in [3.63, 3.8) is 0 Å². The molecular formula is C12H19NO. The Morgan fingerprint density at radius 3 is 3.14 bits per heavy atom. The van der Waals surface area contributed by atoms with Crippen LogP contribution in [0.25, 0.3) is 0 Å². The molecule has 1 saturated carbocycles. The van der Waals surface area contributed by atoms with Crippen molar-refractivity contribution in [2.45, 2.75) is 38.5 Å². The van der Waals surface area contributed by atoms with E-state index in [1.165, 1.54) is 24.8 Å². The van der Waals surface area contributed by atoms with E-state index in [-0.39, 0.29) is 0 Å². The topological polar surface area (TPSA) is 29.1 Å². The van der Waals surface area contributed by atoms with Gasteiger partial charge in [0.1, 0.15) is 5.78 Å². The Hall–Kier alpha value is -0.630. The Morgan fingerprint density at radius 1 is 1.50 bits per heavy atom. The lowest BCUT2D eigenvalue weighted by Crippen LogP contribution is -2.39. The van der Waals surface area contributed by atoms with Gasteiger partial charge in [-0.05, 0) is 32.7 Å². The summed E-state index contributed by atoms with van der Waals surface area (Å²) in [4.78, 5) is 11.4. The fourth-order valence-electron chi connectivity index (χ4n) is 2.95. The molecule has 1 unspecified atom stereocenters. The molecule has 2 aliphatic carbocycles. The number of allylic oxidation sites excluding steroid dienone is 1. The molecule has 0 aromatic rings. The van der Waals surface area contributed by atoms with Crippen LogP contribution in [-0.2, 0) is 4.79 Å². The van der Waals surface area contributed by atoms with Gasteiger partial charge in [-0.2, -0.15) is 0 Å². The zero-order chi connectivity index (χ0) is 10.0. The molecule has 78 valence electrons. The first kappa shape index (κ1) is 9.91. The number of hydrogen-bond donors (Lipinski definition) is 1. The van der Waals surface area contributed by atoms with Crippen LogP contribution < -0.4 is 5.32 Å². The summed E-state index contributed by atoms with van der Waals surface area (Å²) in [5.74, 6) is 0.435.